The van der Waals surface area contributed by atoms with E-state index in [1.807, 2.05) is 0 Å². The highest BCUT2D eigenvalue weighted by Gasteiger charge is 2.28. The highest BCUT2D eigenvalue weighted by molar-refractivity contribution is 6.18. The summed E-state index contributed by atoms with van der Waals surface area (Å²) < 4.78 is 5.75. The summed E-state index contributed by atoms with van der Waals surface area (Å²) in [5, 5.41) is 2.19. The molecular weight excluding hydrogens is 198 g/mol. The van der Waals surface area contributed by atoms with Crippen LogP contribution in [0.15, 0.2) is 24.3 Å². The molecule has 1 aliphatic heterocycles. The molecule has 1 fully saturated rings. The van der Waals surface area contributed by atoms with Crippen LogP contribution in [0.3, 0.4) is 0 Å². The maximum Gasteiger partial charge on any atom is 0.217 e. The Morgan fingerprint density at radius 1 is 1.43 bits per heavy atom. The van der Waals surface area contributed by atoms with E-state index in [9.17, 15) is 0 Å². The molecular formula is C11H15ClNO+. The predicted octanol–water partition coefficient (Wildman–Crippen LogP) is 1.19. The van der Waals surface area contributed by atoms with Gasteiger partial charge in [0, 0.05) is 5.56 Å². The molecule has 0 radical (unpaired) electrons. The number of alkyl halides is 1. The van der Waals surface area contributed by atoms with Crippen molar-refractivity contribution < 1.29 is 10.1 Å². The lowest BCUT2D eigenvalue weighted by molar-refractivity contribution is -0.697. The number of hydrogen-bond acceptors (Lipinski definition) is 1. The first-order chi connectivity index (χ1) is 6.79. The SMILES string of the molecule is Cc1ccc([C@H]2[NH2+]C[C@H](CCl)O2)cc1. The Hall–Kier alpha value is -0.570. The average molecular weight is 213 g/mol. The normalized spacial score (nSPS) is 26.7. The summed E-state index contributed by atoms with van der Waals surface area (Å²) in [5.74, 6) is 0.582. The van der Waals surface area contributed by atoms with Crippen LogP contribution >= 0.6 is 11.6 Å². The molecule has 1 aromatic carbocycles. The number of benzene rings is 1. The number of hydrogen-bond donors (Lipinski definition) is 1. The molecule has 1 saturated heterocycles. The van der Waals surface area contributed by atoms with Gasteiger partial charge in [0.1, 0.15) is 12.6 Å². The van der Waals surface area contributed by atoms with Gasteiger partial charge in [-0.25, -0.2) is 0 Å². The summed E-state index contributed by atoms with van der Waals surface area (Å²) in [6.07, 6.45) is 0.335. The first kappa shape index (κ1) is 9.97. The first-order valence-electron chi connectivity index (χ1n) is 4.91. The standard InChI is InChI=1S/C11H14ClNO/c1-8-2-4-9(5-3-8)11-13-7-10(6-12)14-11/h2-5,10-11,13H,6-7H2,1H3/p+1/t10-,11-/m0/s1. The zero-order chi connectivity index (χ0) is 9.97. The number of ether oxygens (including phenoxy) is 1. The average Bonchev–Trinajstić information content (AvgIpc) is 2.67. The molecule has 0 aromatic heterocycles. The lowest BCUT2D eigenvalue weighted by Gasteiger charge is -2.07. The molecule has 0 saturated carbocycles. The molecule has 0 spiro atoms. The van der Waals surface area contributed by atoms with E-state index in [1.54, 1.807) is 0 Å². The maximum atomic E-state index is 5.75. The Kier molecular flexibility index (Phi) is 3.06. The molecule has 76 valence electrons. The van der Waals surface area contributed by atoms with Gasteiger partial charge in [-0.1, -0.05) is 29.8 Å². The molecule has 2 atom stereocenters. The molecule has 1 heterocycles. The van der Waals surface area contributed by atoms with Crippen LogP contribution < -0.4 is 5.32 Å². The molecule has 1 aromatic rings. The molecule has 0 aliphatic carbocycles. The van der Waals surface area contributed by atoms with E-state index in [2.05, 4.69) is 36.5 Å². The topological polar surface area (TPSA) is 25.8 Å². The minimum atomic E-state index is 0.138. The van der Waals surface area contributed by atoms with Crippen molar-refractivity contribution in [2.75, 3.05) is 12.4 Å². The summed E-state index contributed by atoms with van der Waals surface area (Å²) in [4.78, 5) is 0. The lowest BCUT2D eigenvalue weighted by atomic mass is 10.1. The quantitative estimate of drug-likeness (QED) is 0.733. The molecule has 0 unspecified atom stereocenters. The zero-order valence-corrected chi connectivity index (χ0v) is 9.00. The van der Waals surface area contributed by atoms with Crippen molar-refractivity contribution in [1.29, 1.82) is 0 Å². The smallest absolute Gasteiger partial charge is 0.217 e. The van der Waals surface area contributed by atoms with Gasteiger partial charge in [-0.2, -0.15) is 0 Å². The fourth-order valence-electron chi connectivity index (χ4n) is 1.66. The molecule has 2 N–H and O–H groups in total. The lowest BCUT2D eigenvalue weighted by Crippen LogP contribution is -2.82. The second-order valence-electron chi connectivity index (χ2n) is 3.72. The minimum absolute atomic E-state index is 0.138. The third kappa shape index (κ3) is 2.08. The van der Waals surface area contributed by atoms with Gasteiger partial charge >= 0.3 is 0 Å². The number of rotatable bonds is 2. The van der Waals surface area contributed by atoms with E-state index in [0.717, 1.165) is 6.54 Å². The van der Waals surface area contributed by atoms with Gasteiger partial charge in [0.15, 0.2) is 0 Å². The van der Waals surface area contributed by atoms with Gasteiger partial charge < -0.3 is 10.1 Å². The van der Waals surface area contributed by atoms with Crippen LogP contribution in [0, 0.1) is 6.92 Å². The third-order valence-electron chi connectivity index (χ3n) is 2.53. The van der Waals surface area contributed by atoms with Crippen LogP contribution in [0.2, 0.25) is 0 Å². The monoisotopic (exact) mass is 212 g/mol. The Morgan fingerprint density at radius 3 is 2.71 bits per heavy atom. The minimum Gasteiger partial charge on any atom is -0.315 e. The Bertz CT molecular complexity index is 299. The zero-order valence-electron chi connectivity index (χ0n) is 8.24. The van der Waals surface area contributed by atoms with Crippen molar-refractivity contribution in [1.82, 2.24) is 0 Å². The first-order valence-corrected chi connectivity index (χ1v) is 5.44. The summed E-state index contributed by atoms with van der Waals surface area (Å²) in [7, 11) is 0. The molecule has 3 heteroatoms. The van der Waals surface area contributed by atoms with Crippen LogP contribution in [0.5, 0.6) is 0 Å². The van der Waals surface area contributed by atoms with E-state index in [4.69, 9.17) is 16.3 Å². The number of aryl methyl sites for hydroxylation is 1. The van der Waals surface area contributed by atoms with Crippen LogP contribution in [0.4, 0.5) is 0 Å². The molecule has 0 amide bonds. The van der Waals surface area contributed by atoms with Gasteiger partial charge in [0.2, 0.25) is 6.23 Å². The summed E-state index contributed by atoms with van der Waals surface area (Å²) >= 11 is 5.74. The molecule has 1 aliphatic rings. The summed E-state index contributed by atoms with van der Waals surface area (Å²) in [6.45, 7) is 3.05. The van der Waals surface area contributed by atoms with Crippen molar-refractivity contribution in [2.24, 2.45) is 0 Å². The number of quaternary nitrogens is 1. The van der Waals surface area contributed by atoms with Crippen LogP contribution in [-0.4, -0.2) is 18.5 Å². The van der Waals surface area contributed by atoms with E-state index >= 15 is 0 Å². The number of halogens is 1. The van der Waals surface area contributed by atoms with Crippen molar-refractivity contribution in [2.45, 2.75) is 19.3 Å². The van der Waals surface area contributed by atoms with Crippen molar-refractivity contribution in [3.8, 4) is 0 Å². The fourth-order valence-corrected chi connectivity index (χ4v) is 1.86. The van der Waals surface area contributed by atoms with Gasteiger partial charge in [-0.3, -0.25) is 0 Å². The highest BCUT2D eigenvalue weighted by atomic mass is 35.5. The van der Waals surface area contributed by atoms with Crippen molar-refractivity contribution >= 4 is 11.6 Å². The van der Waals surface area contributed by atoms with Crippen LogP contribution in [0.1, 0.15) is 17.4 Å². The molecule has 2 nitrogen and oxygen atoms in total. The van der Waals surface area contributed by atoms with E-state index in [0.29, 0.717) is 5.88 Å². The van der Waals surface area contributed by atoms with Crippen molar-refractivity contribution in [3.05, 3.63) is 35.4 Å². The third-order valence-corrected chi connectivity index (χ3v) is 2.87. The predicted molar refractivity (Wildman–Crippen MR) is 56.3 cm³/mol. The van der Waals surface area contributed by atoms with Gasteiger partial charge in [0.25, 0.3) is 0 Å². The summed E-state index contributed by atoms with van der Waals surface area (Å²) in [5.41, 5.74) is 2.50. The van der Waals surface area contributed by atoms with Gasteiger partial charge in [0.05, 0.1) is 5.88 Å². The fraction of sp³-hybridized carbons (Fsp3) is 0.455. The molecule has 2 rings (SSSR count). The van der Waals surface area contributed by atoms with E-state index < -0.39 is 0 Å². The Balaban J connectivity index is 2.06. The van der Waals surface area contributed by atoms with Crippen LogP contribution in [0.25, 0.3) is 0 Å². The summed E-state index contributed by atoms with van der Waals surface area (Å²) in [6, 6.07) is 8.46. The van der Waals surface area contributed by atoms with Gasteiger partial charge in [-0.05, 0) is 6.92 Å². The van der Waals surface area contributed by atoms with Gasteiger partial charge in [-0.15, -0.1) is 11.6 Å². The second-order valence-corrected chi connectivity index (χ2v) is 4.02. The Labute approximate surface area is 89.2 Å². The second kappa shape index (κ2) is 4.30. The van der Waals surface area contributed by atoms with E-state index in [-0.39, 0.29) is 12.3 Å². The molecule has 0 bridgehead atoms. The number of nitrogens with two attached hydrogens (primary N) is 1. The highest BCUT2D eigenvalue weighted by Crippen LogP contribution is 2.16. The van der Waals surface area contributed by atoms with Crippen LogP contribution in [-0.2, 0) is 4.74 Å². The largest absolute Gasteiger partial charge is 0.315 e. The Morgan fingerprint density at radius 2 is 2.14 bits per heavy atom. The van der Waals surface area contributed by atoms with E-state index in [1.165, 1.54) is 11.1 Å². The van der Waals surface area contributed by atoms with Crippen molar-refractivity contribution in [3.63, 3.8) is 0 Å². The maximum absolute atomic E-state index is 5.75. The molecule has 14 heavy (non-hydrogen) atoms.